The monoisotopic (exact) mass is 408 g/mol. The topological polar surface area (TPSA) is 85.9 Å². The van der Waals surface area contributed by atoms with Crippen LogP contribution in [0.15, 0.2) is 48.8 Å². The summed E-state index contributed by atoms with van der Waals surface area (Å²) in [6.45, 7) is 1.82. The largest absolute Gasteiger partial charge is 0.508 e. The summed E-state index contributed by atoms with van der Waals surface area (Å²) >= 11 is 0. The van der Waals surface area contributed by atoms with Crippen molar-refractivity contribution in [1.82, 2.24) is 4.98 Å². The van der Waals surface area contributed by atoms with Gasteiger partial charge in [-0.2, -0.15) is 0 Å². The van der Waals surface area contributed by atoms with Gasteiger partial charge in [0.05, 0.1) is 40.2 Å². The lowest BCUT2D eigenvalue weighted by molar-refractivity contribution is -0.861. The van der Waals surface area contributed by atoms with E-state index in [0.29, 0.717) is 17.4 Å². The van der Waals surface area contributed by atoms with Gasteiger partial charge in [-0.25, -0.2) is 4.57 Å². The van der Waals surface area contributed by atoms with Crippen LogP contribution in [-0.4, -0.2) is 37.8 Å². The fourth-order valence-corrected chi connectivity index (χ4v) is 3.99. The number of hydrogen-bond acceptors (Lipinski definition) is 5. The third-order valence-electron chi connectivity index (χ3n) is 5.46. The lowest BCUT2D eigenvalue weighted by atomic mass is 9.83. The quantitative estimate of drug-likeness (QED) is 0.421. The van der Waals surface area contributed by atoms with E-state index in [0.717, 1.165) is 42.0 Å². The molecule has 2 aromatic carbocycles. The molecule has 1 aliphatic rings. The third-order valence-corrected chi connectivity index (χ3v) is 5.46. The van der Waals surface area contributed by atoms with Crippen molar-refractivity contribution in [3.63, 3.8) is 0 Å². The molecule has 0 saturated heterocycles. The highest BCUT2D eigenvalue weighted by Crippen LogP contribution is 2.50. The number of fused-ring (bicyclic) bond motifs is 2. The fraction of sp³-hybridized carbons (Fsp3) is 0.304. The summed E-state index contributed by atoms with van der Waals surface area (Å²) in [6, 6.07) is 13.0. The van der Waals surface area contributed by atoms with E-state index in [1.54, 1.807) is 25.6 Å². The third kappa shape index (κ3) is 3.64. The molecule has 1 aliphatic heterocycles. The molecule has 0 spiro atoms. The molecule has 4 N–H and O–H groups in total. The zero-order valence-electron chi connectivity index (χ0n) is 17.6. The normalized spacial score (nSPS) is 14.7. The second-order valence-electron chi connectivity index (χ2n) is 7.85. The molecule has 7 heteroatoms. The number of ether oxygens (including phenoxy) is 2. The number of benzene rings is 2. The predicted octanol–water partition coefficient (Wildman–Crippen LogP) is 1.49. The number of nitrogens with two attached hydrogens (primary N) is 1. The van der Waals surface area contributed by atoms with Crippen molar-refractivity contribution in [3.8, 4) is 23.1 Å². The summed E-state index contributed by atoms with van der Waals surface area (Å²) in [5.74, 6) is 2.33. The molecule has 0 amide bonds. The van der Waals surface area contributed by atoms with E-state index >= 15 is 0 Å². The van der Waals surface area contributed by atoms with Gasteiger partial charge in [-0.3, -0.25) is 0 Å². The Morgan fingerprint density at radius 3 is 2.77 bits per heavy atom. The van der Waals surface area contributed by atoms with E-state index in [1.165, 1.54) is 4.90 Å². The second kappa shape index (κ2) is 8.20. The number of nitrogens with one attached hydrogen (secondary N) is 1. The van der Waals surface area contributed by atoms with Gasteiger partial charge in [0.1, 0.15) is 22.8 Å². The van der Waals surface area contributed by atoms with E-state index in [1.807, 2.05) is 34.9 Å². The first-order chi connectivity index (χ1) is 14.5. The number of hydrogen-bond donors (Lipinski definition) is 3. The molecule has 30 heavy (non-hydrogen) atoms. The van der Waals surface area contributed by atoms with Gasteiger partial charge >= 0.3 is 5.88 Å². The van der Waals surface area contributed by atoms with Crippen LogP contribution in [0.25, 0.3) is 0 Å². The minimum absolute atomic E-state index is 0.140. The SMILES string of the molecule is COc1ccccc1[C@@H]1c2ccc(O)cc2Oc2nc[n+](CCC[NH+](C)C)c(N)c21. The molecule has 4 rings (SSSR count). The van der Waals surface area contributed by atoms with Gasteiger partial charge < -0.3 is 25.2 Å². The van der Waals surface area contributed by atoms with E-state index in [4.69, 9.17) is 15.2 Å². The van der Waals surface area contributed by atoms with Gasteiger partial charge in [0, 0.05) is 23.6 Å². The highest BCUT2D eigenvalue weighted by atomic mass is 16.5. The smallest absolute Gasteiger partial charge is 0.306 e. The molecule has 0 radical (unpaired) electrons. The number of anilines is 1. The van der Waals surface area contributed by atoms with E-state index in [-0.39, 0.29) is 11.7 Å². The molecular weight excluding hydrogens is 380 g/mol. The molecule has 2 heterocycles. The molecule has 0 unspecified atom stereocenters. The minimum atomic E-state index is -0.222. The lowest BCUT2D eigenvalue weighted by Gasteiger charge is -2.28. The number of aromatic nitrogens is 2. The Labute approximate surface area is 176 Å². The summed E-state index contributed by atoms with van der Waals surface area (Å²) < 4.78 is 13.7. The summed E-state index contributed by atoms with van der Waals surface area (Å²) in [4.78, 5) is 5.96. The number of quaternary nitrogens is 1. The number of nitrogens with zero attached hydrogens (tertiary/aromatic N) is 2. The Balaban J connectivity index is 1.86. The lowest BCUT2D eigenvalue weighted by Crippen LogP contribution is -3.05. The van der Waals surface area contributed by atoms with E-state index < -0.39 is 0 Å². The fourth-order valence-electron chi connectivity index (χ4n) is 3.99. The van der Waals surface area contributed by atoms with Crippen LogP contribution < -0.4 is 24.7 Å². The molecule has 7 nitrogen and oxygen atoms in total. The maximum atomic E-state index is 9.98. The number of nitrogen functional groups attached to an aromatic ring is 1. The summed E-state index contributed by atoms with van der Waals surface area (Å²) in [6.07, 6.45) is 2.72. The van der Waals surface area contributed by atoms with Gasteiger partial charge in [-0.05, 0) is 12.1 Å². The van der Waals surface area contributed by atoms with Crippen molar-refractivity contribution < 1.29 is 24.0 Å². The van der Waals surface area contributed by atoms with Crippen molar-refractivity contribution in [1.29, 1.82) is 0 Å². The zero-order chi connectivity index (χ0) is 21.3. The van der Waals surface area contributed by atoms with Crippen LogP contribution in [0.5, 0.6) is 23.1 Å². The molecule has 1 aromatic heterocycles. The first-order valence-corrected chi connectivity index (χ1v) is 10.1. The van der Waals surface area contributed by atoms with Crippen molar-refractivity contribution in [3.05, 3.63) is 65.5 Å². The molecule has 1 atom stereocenters. The van der Waals surface area contributed by atoms with E-state index in [9.17, 15) is 5.11 Å². The van der Waals surface area contributed by atoms with Gasteiger partial charge in [0.2, 0.25) is 12.1 Å². The maximum Gasteiger partial charge on any atom is 0.306 e. The second-order valence-corrected chi connectivity index (χ2v) is 7.85. The average molecular weight is 409 g/mol. The molecule has 156 valence electrons. The van der Waals surface area contributed by atoms with Gasteiger partial charge in [0.25, 0.3) is 0 Å². The van der Waals surface area contributed by atoms with Crippen molar-refractivity contribution >= 4 is 5.82 Å². The number of phenols is 1. The predicted molar refractivity (Wildman–Crippen MR) is 113 cm³/mol. The summed E-state index contributed by atoms with van der Waals surface area (Å²) in [5, 5.41) is 9.98. The first kappa shape index (κ1) is 20.0. The van der Waals surface area contributed by atoms with Crippen LogP contribution in [0.1, 0.15) is 29.0 Å². The number of rotatable bonds is 6. The standard InChI is InChI=1S/C23H26N4O3/c1-26(2)11-6-12-27-14-25-23-21(22(27)24)20(16-7-4-5-8-18(16)29-3)17-10-9-15(28)13-19(17)30-23/h4-5,7-10,13-14,20,24,28H,6,11-12H2,1-3H3/p+2/t20-/m1/s1. The zero-order valence-corrected chi connectivity index (χ0v) is 17.6. The van der Waals surface area contributed by atoms with Crippen molar-refractivity contribution in [2.24, 2.45) is 0 Å². The van der Waals surface area contributed by atoms with E-state index in [2.05, 4.69) is 19.1 Å². The number of aryl methyl sites for hydroxylation is 1. The van der Waals surface area contributed by atoms with Crippen LogP contribution in [0.4, 0.5) is 5.82 Å². The summed E-state index contributed by atoms with van der Waals surface area (Å²) in [5.41, 5.74) is 9.37. The van der Waals surface area contributed by atoms with Crippen LogP contribution >= 0.6 is 0 Å². The molecule has 3 aromatic rings. The number of phenolic OH excluding ortho intramolecular Hbond substituents is 1. The number of para-hydroxylation sites is 1. The molecule has 0 saturated carbocycles. The Kier molecular flexibility index (Phi) is 5.46. The van der Waals surface area contributed by atoms with Crippen LogP contribution in [0.2, 0.25) is 0 Å². The van der Waals surface area contributed by atoms with Gasteiger partial charge in [0.15, 0.2) is 0 Å². The summed E-state index contributed by atoms with van der Waals surface area (Å²) in [7, 11) is 5.93. The van der Waals surface area contributed by atoms with Crippen molar-refractivity contribution in [2.45, 2.75) is 18.9 Å². The molecule has 0 bridgehead atoms. The highest BCUT2D eigenvalue weighted by Gasteiger charge is 2.37. The van der Waals surface area contributed by atoms with Gasteiger partial charge in [-0.1, -0.05) is 29.2 Å². The van der Waals surface area contributed by atoms with Crippen LogP contribution in [0.3, 0.4) is 0 Å². The van der Waals surface area contributed by atoms with Crippen LogP contribution in [0, 0.1) is 0 Å². The molecule has 0 fully saturated rings. The Hall–Kier alpha value is -3.32. The Morgan fingerprint density at radius 2 is 2.00 bits per heavy atom. The van der Waals surface area contributed by atoms with Gasteiger partial charge in [-0.15, -0.1) is 0 Å². The highest BCUT2D eigenvalue weighted by molar-refractivity contribution is 5.63. The average Bonchev–Trinajstić information content (AvgIpc) is 2.73. The number of aromatic hydroxyl groups is 1. The Bertz CT molecular complexity index is 1070. The number of methoxy groups -OCH3 is 1. The van der Waals surface area contributed by atoms with Crippen molar-refractivity contribution in [2.75, 3.05) is 33.5 Å². The molecule has 0 aliphatic carbocycles. The van der Waals surface area contributed by atoms with Crippen LogP contribution in [-0.2, 0) is 6.54 Å². The minimum Gasteiger partial charge on any atom is -0.508 e. The maximum absolute atomic E-state index is 9.98. The molecular formula is C23H28N4O3+2. The Morgan fingerprint density at radius 1 is 1.20 bits per heavy atom. The first-order valence-electron chi connectivity index (χ1n) is 10.1.